The van der Waals surface area contributed by atoms with Gasteiger partial charge in [0.1, 0.15) is 5.69 Å². The first-order valence-corrected chi connectivity index (χ1v) is 7.01. The predicted octanol–water partition coefficient (Wildman–Crippen LogP) is -0.210. The summed E-state index contributed by atoms with van der Waals surface area (Å²) in [6.07, 6.45) is -0.196. The standard InChI is InChI=1S/C10H14N4O5S/c1-12-7-3-2-4-8(10(7)14(16)17)20(18,19)13-6-5-9(11)15/h2-4,12-13H,5-6H2,1H3,(H2,11,15). The molecular weight excluding hydrogens is 288 g/mol. The Labute approximate surface area is 115 Å². The molecule has 0 aliphatic rings. The maximum atomic E-state index is 12.0. The molecule has 0 atom stereocenters. The molecule has 0 aliphatic heterocycles. The highest BCUT2D eigenvalue weighted by atomic mass is 32.2. The number of carbonyl (C=O) groups excluding carboxylic acids is 1. The number of hydrogen-bond donors (Lipinski definition) is 3. The Morgan fingerprint density at radius 1 is 1.45 bits per heavy atom. The van der Waals surface area contributed by atoms with Gasteiger partial charge in [-0.2, -0.15) is 0 Å². The molecule has 0 bridgehead atoms. The number of nitrogens with zero attached hydrogens (tertiary/aromatic N) is 1. The number of rotatable bonds is 7. The molecule has 110 valence electrons. The third-order valence-corrected chi connectivity index (χ3v) is 3.90. The van der Waals surface area contributed by atoms with Gasteiger partial charge in [-0.3, -0.25) is 14.9 Å². The van der Waals surface area contributed by atoms with Gasteiger partial charge in [0.05, 0.1) is 4.92 Å². The van der Waals surface area contributed by atoms with Crippen LogP contribution in [0.15, 0.2) is 23.1 Å². The maximum absolute atomic E-state index is 12.0. The fraction of sp³-hybridized carbons (Fsp3) is 0.300. The number of nitrogens with two attached hydrogens (primary N) is 1. The summed E-state index contributed by atoms with van der Waals surface area (Å²) in [5, 5.41) is 13.6. The lowest BCUT2D eigenvalue weighted by atomic mass is 10.3. The van der Waals surface area contributed by atoms with Crippen LogP contribution in [0.25, 0.3) is 0 Å². The summed E-state index contributed by atoms with van der Waals surface area (Å²) < 4.78 is 26.1. The minimum atomic E-state index is -4.10. The number of nitro groups is 1. The van der Waals surface area contributed by atoms with Gasteiger partial charge >= 0.3 is 5.69 Å². The minimum absolute atomic E-state index is 0.0766. The third-order valence-electron chi connectivity index (χ3n) is 2.40. The van der Waals surface area contributed by atoms with E-state index >= 15 is 0 Å². The van der Waals surface area contributed by atoms with Gasteiger partial charge in [0, 0.05) is 20.0 Å². The molecule has 10 heteroatoms. The number of para-hydroxylation sites is 1. The van der Waals surface area contributed by atoms with Crippen molar-refractivity contribution in [3.05, 3.63) is 28.3 Å². The molecule has 1 aromatic carbocycles. The average molecular weight is 302 g/mol. The fourth-order valence-corrected chi connectivity index (χ4v) is 2.74. The summed E-state index contributed by atoms with van der Waals surface area (Å²) in [7, 11) is -2.66. The van der Waals surface area contributed by atoms with Gasteiger partial charge in [-0.15, -0.1) is 0 Å². The Morgan fingerprint density at radius 2 is 2.10 bits per heavy atom. The molecule has 0 aromatic heterocycles. The topological polar surface area (TPSA) is 144 Å². The fourth-order valence-electron chi connectivity index (χ4n) is 1.52. The van der Waals surface area contributed by atoms with Crippen LogP contribution in [-0.2, 0) is 14.8 Å². The lowest BCUT2D eigenvalue weighted by molar-refractivity contribution is -0.386. The van der Waals surface area contributed by atoms with Crippen LogP contribution in [0.1, 0.15) is 6.42 Å². The maximum Gasteiger partial charge on any atom is 0.312 e. The summed E-state index contributed by atoms with van der Waals surface area (Å²) in [5.74, 6) is -0.675. The number of sulfonamides is 1. The Hall–Kier alpha value is -2.20. The zero-order valence-electron chi connectivity index (χ0n) is 10.6. The Kier molecular flexibility index (Phi) is 5.00. The molecule has 0 unspecified atom stereocenters. The summed E-state index contributed by atoms with van der Waals surface area (Å²) in [4.78, 5) is 20.3. The lowest BCUT2D eigenvalue weighted by Crippen LogP contribution is -2.28. The van der Waals surface area contributed by atoms with Crippen LogP contribution in [-0.4, -0.2) is 32.8 Å². The Balaban J connectivity index is 3.18. The highest BCUT2D eigenvalue weighted by molar-refractivity contribution is 7.89. The molecule has 0 spiro atoms. The number of nitro benzene ring substituents is 1. The molecule has 20 heavy (non-hydrogen) atoms. The SMILES string of the molecule is CNc1cccc(S(=O)(=O)NCCC(N)=O)c1[N+](=O)[O-]. The van der Waals surface area contributed by atoms with Crippen molar-refractivity contribution in [2.45, 2.75) is 11.3 Å². The molecule has 0 saturated carbocycles. The molecule has 1 amide bonds. The first-order chi connectivity index (χ1) is 9.29. The largest absolute Gasteiger partial charge is 0.383 e. The van der Waals surface area contributed by atoms with Gasteiger partial charge in [-0.1, -0.05) is 6.07 Å². The van der Waals surface area contributed by atoms with E-state index in [1.54, 1.807) is 0 Å². The second-order valence-electron chi connectivity index (χ2n) is 3.77. The molecule has 1 rings (SSSR count). The van der Waals surface area contributed by atoms with E-state index in [1.807, 2.05) is 0 Å². The van der Waals surface area contributed by atoms with Crippen molar-refractivity contribution in [3.63, 3.8) is 0 Å². The van der Waals surface area contributed by atoms with Crippen molar-refractivity contribution < 1.29 is 18.1 Å². The molecular formula is C10H14N4O5S. The van der Waals surface area contributed by atoms with Gasteiger partial charge in [0.25, 0.3) is 0 Å². The Bertz CT molecular complexity index is 629. The molecule has 0 radical (unpaired) electrons. The first kappa shape index (κ1) is 15.9. The van der Waals surface area contributed by atoms with E-state index in [0.29, 0.717) is 0 Å². The lowest BCUT2D eigenvalue weighted by Gasteiger charge is -2.09. The van der Waals surface area contributed by atoms with E-state index in [2.05, 4.69) is 10.0 Å². The molecule has 0 aliphatic carbocycles. The van der Waals surface area contributed by atoms with Crippen LogP contribution in [0.2, 0.25) is 0 Å². The Morgan fingerprint density at radius 3 is 2.60 bits per heavy atom. The number of hydrogen-bond acceptors (Lipinski definition) is 6. The van der Waals surface area contributed by atoms with Crippen LogP contribution >= 0.6 is 0 Å². The monoisotopic (exact) mass is 302 g/mol. The van der Waals surface area contributed by atoms with Crippen molar-refractivity contribution in [3.8, 4) is 0 Å². The summed E-state index contributed by atoms with van der Waals surface area (Å²) in [6.45, 7) is -0.224. The predicted molar refractivity (Wildman–Crippen MR) is 71.6 cm³/mol. The van der Waals surface area contributed by atoms with Crippen molar-refractivity contribution in [1.29, 1.82) is 0 Å². The number of anilines is 1. The molecule has 9 nitrogen and oxygen atoms in total. The number of nitrogens with one attached hydrogen (secondary N) is 2. The smallest absolute Gasteiger partial charge is 0.312 e. The number of carbonyl (C=O) groups is 1. The molecule has 1 aromatic rings. The van der Waals surface area contributed by atoms with Gasteiger partial charge in [0.2, 0.25) is 15.9 Å². The van der Waals surface area contributed by atoms with Crippen LogP contribution in [0.4, 0.5) is 11.4 Å². The highest BCUT2D eigenvalue weighted by Gasteiger charge is 2.28. The zero-order valence-corrected chi connectivity index (χ0v) is 11.4. The van der Waals surface area contributed by atoms with Gasteiger partial charge in [-0.05, 0) is 12.1 Å². The zero-order chi connectivity index (χ0) is 15.3. The van der Waals surface area contributed by atoms with Crippen LogP contribution in [0.5, 0.6) is 0 Å². The minimum Gasteiger partial charge on any atom is -0.383 e. The second kappa shape index (κ2) is 6.30. The first-order valence-electron chi connectivity index (χ1n) is 5.52. The average Bonchev–Trinajstić information content (AvgIpc) is 2.36. The van der Waals surface area contributed by atoms with E-state index in [1.165, 1.54) is 19.2 Å². The van der Waals surface area contributed by atoms with Crippen LogP contribution in [0.3, 0.4) is 0 Å². The normalized spacial score (nSPS) is 11.1. The third kappa shape index (κ3) is 3.65. The van der Waals surface area contributed by atoms with E-state index in [-0.39, 0.29) is 18.7 Å². The molecule has 0 saturated heterocycles. The van der Waals surface area contributed by atoms with Crippen LogP contribution < -0.4 is 15.8 Å². The van der Waals surface area contributed by atoms with E-state index in [9.17, 15) is 23.3 Å². The summed E-state index contributed by atoms with van der Waals surface area (Å²) >= 11 is 0. The van der Waals surface area contributed by atoms with Crippen molar-refractivity contribution in [2.24, 2.45) is 5.73 Å². The molecule has 0 fully saturated rings. The van der Waals surface area contributed by atoms with Crippen LogP contribution in [0, 0.1) is 10.1 Å². The van der Waals surface area contributed by atoms with Gasteiger partial charge < -0.3 is 11.1 Å². The van der Waals surface area contributed by atoms with Gasteiger partial charge in [0.15, 0.2) is 4.90 Å². The summed E-state index contributed by atoms with van der Waals surface area (Å²) in [6, 6.07) is 3.88. The molecule has 0 heterocycles. The quantitative estimate of drug-likeness (QED) is 0.469. The van der Waals surface area contributed by atoms with Crippen molar-refractivity contribution >= 4 is 27.3 Å². The van der Waals surface area contributed by atoms with E-state index in [0.717, 1.165) is 6.07 Å². The number of primary amides is 1. The van der Waals surface area contributed by atoms with Crippen molar-refractivity contribution in [1.82, 2.24) is 4.72 Å². The second-order valence-corrected chi connectivity index (χ2v) is 5.51. The molecule has 4 N–H and O–H groups in total. The number of benzene rings is 1. The number of amides is 1. The van der Waals surface area contributed by atoms with E-state index in [4.69, 9.17) is 5.73 Å². The highest BCUT2D eigenvalue weighted by Crippen LogP contribution is 2.31. The van der Waals surface area contributed by atoms with Gasteiger partial charge in [-0.25, -0.2) is 13.1 Å². The van der Waals surface area contributed by atoms with E-state index < -0.39 is 31.4 Å². The van der Waals surface area contributed by atoms with Crippen molar-refractivity contribution in [2.75, 3.05) is 18.9 Å². The summed E-state index contributed by atoms with van der Waals surface area (Å²) in [5.41, 5.74) is 4.41.